The van der Waals surface area contributed by atoms with Crippen LogP contribution in [0.25, 0.3) is 10.4 Å². The van der Waals surface area contributed by atoms with E-state index in [0.29, 0.717) is 26.8 Å². The maximum absolute atomic E-state index is 14.0. The monoisotopic (exact) mass is 424 g/mol. The van der Waals surface area contributed by atoms with Crippen LogP contribution in [-0.2, 0) is 4.79 Å². The first-order chi connectivity index (χ1) is 14.6. The molecule has 1 aliphatic heterocycles. The molecule has 0 atom stereocenters. The van der Waals surface area contributed by atoms with Gasteiger partial charge in [-0.25, -0.2) is 4.39 Å². The Morgan fingerprint density at radius 1 is 1.03 bits per heavy atom. The molecule has 5 nitrogen and oxygen atoms in total. The minimum Gasteiger partial charge on any atom is -0.484 e. The molecule has 2 heterocycles. The number of carbonyl (C=O) groups excluding carboxylic acids is 2. The fraction of sp³-hybridized carbons (Fsp3) is 0.217. The molecule has 1 N–H and O–H groups in total. The second-order valence-corrected chi connectivity index (χ2v) is 8.09. The van der Waals surface area contributed by atoms with Gasteiger partial charge in [-0.3, -0.25) is 9.59 Å². The number of halogens is 1. The van der Waals surface area contributed by atoms with Gasteiger partial charge in [0.1, 0.15) is 11.6 Å². The summed E-state index contributed by atoms with van der Waals surface area (Å²) >= 11 is 1.23. The summed E-state index contributed by atoms with van der Waals surface area (Å²) in [4.78, 5) is 27.7. The van der Waals surface area contributed by atoms with Crippen molar-refractivity contribution in [3.05, 3.63) is 71.4 Å². The predicted molar refractivity (Wildman–Crippen MR) is 115 cm³/mol. The van der Waals surface area contributed by atoms with Crippen LogP contribution >= 0.6 is 11.3 Å². The highest BCUT2D eigenvalue weighted by molar-refractivity contribution is 7.17. The Morgan fingerprint density at radius 3 is 2.63 bits per heavy atom. The van der Waals surface area contributed by atoms with Gasteiger partial charge in [-0.05, 0) is 43.2 Å². The van der Waals surface area contributed by atoms with Crippen molar-refractivity contribution in [1.82, 2.24) is 4.90 Å². The van der Waals surface area contributed by atoms with Crippen molar-refractivity contribution in [3.63, 3.8) is 0 Å². The Morgan fingerprint density at radius 2 is 1.83 bits per heavy atom. The van der Waals surface area contributed by atoms with Crippen LogP contribution in [0.2, 0.25) is 0 Å². The summed E-state index contributed by atoms with van der Waals surface area (Å²) in [5, 5.41) is 2.82. The number of nitrogens with zero attached hydrogens (tertiary/aromatic N) is 1. The predicted octanol–water partition coefficient (Wildman–Crippen LogP) is 4.81. The molecule has 0 radical (unpaired) electrons. The molecule has 7 heteroatoms. The van der Waals surface area contributed by atoms with Crippen LogP contribution in [-0.4, -0.2) is 36.4 Å². The lowest BCUT2D eigenvalue weighted by Gasteiger charge is -2.15. The average molecular weight is 424 g/mol. The highest BCUT2D eigenvalue weighted by Gasteiger charge is 2.18. The van der Waals surface area contributed by atoms with Crippen molar-refractivity contribution in [1.29, 1.82) is 0 Å². The zero-order chi connectivity index (χ0) is 20.9. The number of thiophene rings is 1. The molecule has 0 aliphatic carbocycles. The van der Waals surface area contributed by atoms with Crippen molar-refractivity contribution in [2.45, 2.75) is 12.8 Å². The molecule has 1 saturated heterocycles. The Balaban J connectivity index is 1.38. The Hall–Kier alpha value is -3.19. The second-order valence-electron chi connectivity index (χ2n) is 7.00. The maximum atomic E-state index is 14.0. The normalized spacial score (nSPS) is 13.3. The van der Waals surface area contributed by atoms with E-state index in [9.17, 15) is 14.0 Å². The van der Waals surface area contributed by atoms with E-state index in [1.165, 1.54) is 17.4 Å². The van der Waals surface area contributed by atoms with Gasteiger partial charge in [0.2, 0.25) is 0 Å². The number of likely N-dealkylation sites (tertiary alicyclic amines) is 1. The third-order valence-electron chi connectivity index (χ3n) is 4.88. The Kier molecular flexibility index (Phi) is 6.09. The molecule has 2 aromatic carbocycles. The largest absolute Gasteiger partial charge is 0.484 e. The van der Waals surface area contributed by atoms with E-state index in [4.69, 9.17) is 4.74 Å². The van der Waals surface area contributed by atoms with Gasteiger partial charge in [0, 0.05) is 35.3 Å². The molecule has 154 valence electrons. The van der Waals surface area contributed by atoms with Gasteiger partial charge >= 0.3 is 0 Å². The molecule has 1 aliphatic rings. The number of hydrogen-bond acceptors (Lipinski definition) is 4. The van der Waals surface area contributed by atoms with Crippen molar-refractivity contribution in [2.24, 2.45) is 0 Å². The lowest BCUT2D eigenvalue weighted by molar-refractivity contribution is -0.132. The van der Waals surface area contributed by atoms with Crippen LogP contribution in [0.15, 0.2) is 60.7 Å². The zero-order valence-corrected chi connectivity index (χ0v) is 17.1. The quantitative estimate of drug-likeness (QED) is 0.618. The third-order valence-corrected chi connectivity index (χ3v) is 6.00. The molecule has 1 aromatic heterocycles. The van der Waals surface area contributed by atoms with Crippen LogP contribution in [0.5, 0.6) is 5.75 Å². The summed E-state index contributed by atoms with van der Waals surface area (Å²) in [7, 11) is 0. The standard InChI is InChI=1S/C23H21FN2O3S/c24-19-9-2-1-8-18(19)20-10-11-21(30-20)23(28)25-16-6-5-7-17(14-16)29-15-22(27)26-12-3-4-13-26/h1-2,5-11,14H,3-4,12-13,15H2,(H,25,28). The van der Waals surface area contributed by atoms with E-state index in [1.54, 1.807) is 59.5 Å². The van der Waals surface area contributed by atoms with E-state index in [2.05, 4.69) is 5.32 Å². The molecule has 0 spiro atoms. The topological polar surface area (TPSA) is 58.6 Å². The molecular formula is C23H21FN2O3S. The number of carbonyl (C=O) groups is 2. The summed E-state index contributed by atoms with van der Waals surface area (Å²) in [5.74, 6) is -0.118. The number of ether oxygens (including phenoxy) is 1. The maximum Gasteiger partial charge on any atom is 0.265 e. The smallest absolute Gasteiger partial charge is 0.265 e. The fourth-order valence-electron chi connectivity index (χ4n) is 3.32. The molecule has 30 heavy (non-hydrogen) atoms. The van der Waals surface area contributed by atoms with E-state index >= 15 is 0 Å². The minimum absolute atomic E-state index is 0.0195. The molecule has 1 fully saturated rings. The van der Waals surface area contributed by atoms with Gasteiger partial charge in [-0.1, -0.05) is 24.3 Å². The van der Waals surface area contributed by atoms with Crippen LogP contribution in [0.1, 0.15) is 22.5 Å². The Bertz CT molecular complexity index is 1060. The number of amides is 2. The highest BCUT2D eigenvalue weighted by Crippen LogP contribution is 2.30. The summed E-state index contributed by atoms with van der Waals surface area (Å²) in [6, 6.07) is 16.8. The number of hydrogen-bond donors (Lipinski definition) is 1. The summed E-state index contributed by atoms with van der Waals surface area (Å²) < 4.78 is 19.6. The van der Waals surface area contributed by atoms with Gasteiger partial charge in [-0.15, -0.1) is 11.3 Å². The molecule has 2 amide bonds. The van der Waals surface area contributed by atoms with E-state index in [0.717, 1.165) is 25.9 Å². The number of benzene rings is 2. The summed E-state index contributed by atoms with van der Waals surface area (Å²) in [6.07, 6.45) is 2.07. The summed E-state index contributed by atoms with van der Waals surface area (Å²) in [5.41, 5.74) is 1.03. The zero-order valence-electron chi connectivity index (χ0n) is 16.3. The van der Waals surface area contributed by atoms with E-state index in [-0.39, 0.29) is 24.2 Å². The van der Waals surface area contributed by atoms with Gasteiger partial charge in [0.25, 0.3) is 11.8 Å². The molecule has 0 bridgehead atoms. The van der Waals surface area contributed by atoms with Gasteiger partial charge in [0.05, 0.1) is 4.88 Å². The fourth-order valence-corrected chi connectivity index (χ4v) is 4.25. The van der Waals surface area contributed by atoms with Crippen LogP contribution in [0.4, 0.5) is 10.1 Å². The first-order valence-electron chi connectivity index (χ1n) is 9.77. The van der Waals surface area contributed by atoms with E-state index < -0.39 is 0 Å². The van der Waals surface area contributed by atoms with Crippen molar-refractivity contribution < 1.29 is 18.7 Å². The lowest BCUT2D eigenvalue weighted by Crippen LogP contribution is -2.32. The molecular weight excluding hydrogens is 403 g/mol. The SMILES string of the molecule is O=C(Nc1cccc(OCC(=O)N2CCCC2)c1)c1ccc(-c2ccccc2F)s1. The number of rotatable bonds is 6. The first kappa shape index (κ1) is 20.1. The van der Waals surface area contributed by atoms with Gasteiger partial charge in [-0.2, -0.15) is 0 Å². The Labute approximate surface area is 178 Å². The van der Waals surface area contributed by atoms with Gasteiger partial charge in [0.15, 0.2) is 6.61 Å². The first-order valence-corrected chi connectivity index (χ1v) is 10.6. The van der Waals surface area contributed by atoms with E-state index in [1.807, 2.05) is 0 Å². The highest BCUT2D eigenvalue weighted by atomic mass is 32.1. The number of nitrogens with one attached hydrogen (secondary N) is 1. The summed E-state index contributed by atoms with van der Waals surface area (Å²) in [6.45, 7) is 1.55. The minimum atomic E-state index is -0.320. The van der Waals surface area contributed by atoms with Crippen molar-refractivity contribution in [2.75, 3.05) is 25.0 Å². The molecule has 4 rings (SSSR count). The molecule has 0 unspecified atom stereocenters. The van der Waals surface area contributed by atoms with Crippen molar-refractivity contribution in [3.8, 4) is 16.2 Å². The van der Waals surface area contributed by atoms with Gasteiger partial charge < -0.3 is 15.0 Å². The van der Waals surface area contributed by atoms with Crippen LogP contribution < -0.4 is 10.1 Å². The van der Waals surface area contributed by atoms with Crippen LogP contribution in [0.3, 0.4) is 0 Å². The lowest BCUT2D eigenvalue weighted by atomic mass is 10.2. The third kappa shape index (κ3) is 4.68. The van der Waals surface area contributed by atoms with Crippen LogP contribution in [0, 0.1) is 5.82 Å². The average Bonchev–Trinajstić information content (AvgIpc) is 3.45. The van der Waals surface area contributed by atoms with Crippen molar-refractivity contribution >= 4 is 28.8 Å². The number of anilines is 1. The second kappa shape index (κ2) is 9.09. The molecule has 3 aromatic rings. The molecule has 0 saturated carbocycles.